The summed E-state index contributed by atoms with van der Waals surface area (Å²) >= 11 is 0. The van der Waals surface area contributed by atoms with E-state index in [4.69, 9.17) is 9.84 Å². The van der Waals surface area contributed by atoms with Gasteiger partial charge in [-0.1, -0.05) is 46.5 Å². The van der Waals surface area contributed by atoms with Crippen molar-refractivity contribution in [3.63, 3.8) is 0 Å². The fourth-order valence-electron chi connectivity index (χ4n) is 2.37. The number of hydrogen-bond donors (Lipinski definition) is 3. The van der Waals surface area contributed by atoms with Crippen molar-refractivity contribution in [3.05, 3.63) is 0 Å². The molecule has 198 valence electrons. The van der Waals surface area contributed by atoms with E-state index in [2.05, 4.69) is 17.6 Å². The minimum atomic E-state index is -4.17. The van der Waals surface area contributed by atoms with Crippen molar-refractivity contribution >= 4 is 19.7 Å². The summed E-state index contributed by atoms with van der Waals surface area (Å²) in [4.78, 5) is 0. The Kier molecular flexibility index (Phi) is 24.4. The maximum atomic E-state index is 11.9. The summed E-state index contributed by atoms with van der Waals surface area (Å²) in [5.74, 6) is 0.00849. The fourth-order valence-corrected chi connectivity index (χ4v) is 2.37. The van der Waals surface area contributed by atoms with Gasteiger partial charge in [0.2, 0.25) is 9.05 Å². The Hall–Kier alpha value is -0.130. The lowest BCUT2D eigenvalue weighted by molar-refractivity contribution is -0.150. The van der Waals surface area contributed by atoms with Crippen LogP contribution in [0.15, 0.2) is 0 Å². The molecule has 0 aromatic heterocycles. The summed E-state index contributed by atoms with van der Waals surface area (Å²) in [6.07, 6.45) is -0.0804. The molecule has 0 rings (SSSR count). The Labute approximate surface area is 196 Å². The normalized spacial score (nSPS) is 15.5. The van der Waals surface area contributed by atoms with Crippen LogP contribution in [0.4, 0.5) is 13.2 Å². The summed E-state index contributed by atoms with van der Waals surface area (Å²) < 4.78 is 60.4. The Bertz CT molecular complexity index is 502. The first-order valence-electron chi connectivity index (χ1n) is 11.2. The Morgan fingerprint density at radius 3 is 1.69 bits per heavy atom. The average Bonchev–Trinajstić information content (AvgIpc) is 2.62. The van der Waals surface area contributed by atoms with Gasteiger partial charge in [-0.3, -0.25) is 0 Å². The molecule has 0 aliphatic rings. The molecule has 4 atom stereocenters. The quantitative estimate of drug-likeness (QED) is 0.275. The predicted octanol–water partition coefficient (Wildman–Crippen LogP) is 5.17. The van der Waals surface area contributed by atoms with Gasteiger partial charge in [0.05, 0.1) is 43.2 Å². The highest BCUT2D eigenvalue weighted by molar-refractivity contribution is 8.13. The number of alkyl halides is 3. The van der Waals surface area contributed by atoms with E-state index in [1.54, 1.807) is 13.8 Å². The van der Waals surface area contributed by atoms with Gasteiger partial charge in [-0.25, -0.2) is 8.42 Å². The van der Waals surface area contributed by atoms with Crippen molar-refractivity contribution in [3.8, 4) is 0 Å². The van der Waals surface area contributed by atoms with Crippen LogP contribution in [-0.4, -0.2) is 66.7 Å². The zero-order chi connectivity index (χ0) is 25.8. The molecule has 0 aliphatic heterocycles. The molecule has 0 bridgehead atoms. The third-order valence-electron chi connectivity index (χ3n) is 4.07. The van der Waals surface area contributed by atoms with Gasteiger partial charge in [-0.2, -0.15) is 13.2 Å². The van der Waals surface area contributed by atoms with E-state index in [1.165, 1.54) is 6.92 Å². The fraction of sp³-hybridized carbons (Fsp3) is 1.00. The Balaban J connectivity index is -0.000000446. The molecular formula is C21H44ClF3O6S. The third kappa shape index (κ3) is 37.2. The molecule has 0 aromatic rings. The maximum absolute atomic E-state index is 11.9. The van der Waals surface area contributed by atoms with E-state index < -0.39 is 27.8 Å². The average molecular weight is 517 g/mol. The molecule has 0 spiro atoms. The summed E-state index contributed by atoms with van der Waals surface area (Å²) in [7, 11) is 1.50. The molecule has 4 unspecified atom stereocenters. The smallest absolute Gasteiger partial charge is 0.391 e. The topological polar surface area (TPSA) is 104 Å². The van der Waals surface area contributed by atoms with E-state index in [1.807, 2.05) is 6.92 Å². The summed E-state index contributed by atoms with van der Waals surface area (Å²) in [5, 5.41) is 27.2. The van der Waals surface area contributed by atoms with Crippen LogP contribution in [0.5, 0.6) is 0 Å². The molecule has 0 fully saturated rings. The first-order chi connectivity index (χ1) is 14.6. The molecule has 0 saturated carbocycles. The van der Waals surface area contributed by atoms with E-state index in [0.29, 0.717) is 19.3 Å². The lowest BCUT2D eigenvalue weighted by atomic mass is 10.1. The van der Waals surface area contributed by atoms with Crippen molar-refractivity contribution < 1.29 is 41.6 Å². The van der Waals surface area contributed by atoms with Gasteiger partial charge < -0.3 is 20.1 Å². The van der Waals surface area contributed by atoms with Crippen LogP contribution in [-0.2, 0) is 13.8 Å². The van der Waals surface area contributed by atoms with E-state index in [-0.39, 0.29) is 30.7 Å². The molecule has 6 nitrogen and oxygen atoms in total. The van der Waals surface area contributed by atoms with Crippen molar-refractivity contribution in [2.45, 2.75) is 123 Å². The largest absolute Gasteiger partial charge is 0.393 e. The zero-order valence-corrected chi connectivity index (χ0v) is 21.6. The van der Waals surface area contributed by atoms with Gasteiger partial charge in [0, 0.05) is 10.7 Å². The van der Waals surface area contributed by atoms with Crippen LogP contribution >= 0.6 is 10.7 Å². The Morgan fingerprint density at radius 2 is 1.34 bits per heavy atom. The molecule has 0 amide bonds. The maximum Gasteiger partial charge on any atom is 0.391 e. The monoisotopic (exact) mass is 516 g/mol. The highest BCUT2D eigenvalue weighted by atomic mass is 35.7. The first-order valence-corrected chi connectivity index (χ1v) is 13.7. The van der Waals surface area contributed by atoms with E-state index in [9.17, 15) is 31.8 Å². The zero-order valence-electron chi connectivity index (χ0n) is 20.1. The number of unbranched alkanes of at least 4 members (excludes halogenated alkanes) is 2. The van der Waals surface area contributed by atoms with Crippen molar-refractivity contribution in [1.29, 1.82) is 0 Å². The van der Waals surface area contributed by atoms with Crippen LogP contribution in [0.25, 0.3) is 0 Å². The predicted molar refractivity (Wildman–Crippen MR) is 123 cm³/mol. The summed E-state index contributed by atoms with van der Waals surface area (Å²) in [6.45, 7) is 8.60. The number of rotatable bonds is 14. The van der Waals surface area contributed by atoms with Crippen LogP contribution in [0.1, 0.15) is 92.4 Å². The first kappa shape index (κ1) is 36.4. The molecular weight excluding hydrogens is 473 g/mol. The molecule has 0 aromatic carbocycles. The van der Waals surface area contributed by atoms with Crippen molar-refractivity contribution in [2.24, 2.45) is 0 Å². The highest BCUT2D eigenvalue weighted by Gasteiger charge is 2.27. The van der Waals surface area contributed by atoms with Gasteiger partial charge in [-0.15, -0.1) is 0 Å². The van der Waals surface area contributed by atoms with Gasteiger partial charge in [0.25, 0.3) is 0 Å². The number of hydrogen-bond acceptors (Lipinski definition) is 6. The lowest BCUT2D eigenvalue weighted by Gasteiger charge is -2.19. The molecule has 3 N–H and O–H groups in total. The van der Waals surface area contributed by atoms with Gasteiger partial charge in [0.15, 0.2) is 0 Å². The van der Waals surface area contributed by atoms with Gasteiger partial charge >= 0.3 is 6.18 Å². The standard InChI is InChI=1S/C11H21F3O2.C8H18O2.C2H5ClO2S/c1-3-4-5-10(8-9(2)15)16-7-6-11(12,13)14;1-3-4-5-8(10)6-7(2)9;1-2-6(3,4)5/h9-10,15H,3-8H2,1-2H3;7-10H,3-6H2,1-2H3;2H2,1H3. The van der Waals surface area contributed by atoms with Crippen LogP contribution in [0.3, 0.4) is 0 Å². The molecule has 32 heavy (non-hydrogen) atoms. The van der Waals surface area contributed by atoms with E-state index in [0.717, 1.165) is 32.1 Å². The van der Waals surface area contributed by atoms with Crippen LogP contribution in [0, 0.1) is 0 Å². The summed E-state index contributed by atoms with van der Waals surface area (Å²) in [6, 6.07) is 0. The SMILES string of the molecule is CCCCC(CC(C)O)OCCC(F)(F)F.CCCCC(O)CC(C)O.CCS(=O)(=O)Cl. The van der Waals surface area contributed by atoms with Crippen molar-refractivity contribution in [1.82, 2.24) is 0 Å². The minimum Gasteiger partial charge on any atom is -0.393 e. The minimum absolute atomic E-state index is 0.00849. The van der Waals surface area contributed by atoms with Gasteiger partial charge in [-0.05, 0) is 39.5 Å². The number of halogens is 4. The third-order valence-corrected chi connectivity index (χ3v) is 5.42. The summed E-state index contributed by atoms with van der Waals surface area (Å²) in [5.41, 5.74) is 0. The second kappa shape index (κ2) is 21.4. The molecule has 0 aliphatic carbocycles. The second-order valence-electron chi connectivity index (χ2n) is 7.79. The number of aliphatic hydroxyl groups excluding tert-OH is 3. The lowest BCUT2D eigenvalue weighted by Crippen LogP contribution is -2.22. The van der Waals surface area contributed by atoms with E-state index >= 15 is 0 Å². The molecule has 11 heteroatoms. The molecule has 0 saturated heterocycles. The van der Waals surface area contributed by atoms with Crippen LogP contribution < -0.4 is 0 Å². The number of aliphatic hydroxyl groups is 3. The van der Waals surface area contributed by atoms with Gasteiger partial charge in [0.1, 0.15) is 0 Å². The highest BCUT2D eigenvalue weighted by Crippen LogP contribution is 2.20. The van der Waals surface area contributed by atoms with Crippen molar-refractivity contribution in [2.75, 3.05) is 12.4 Å². The number of ether oxygens (including phenoxy) is 1. The molecule has 0 heterocycles. The van der Waals surface area contributed by atoms with Crippen LogP contribution in [0.2, 0.25) is 0 Å². The Morgan fingerprint density at radius 1 is 0.906 bits per heavy atom. The molecule has 0 radical (unpaired) electrons. The second-order valence-corrected chi connectivity index (χ2v) is 10.9.